The number of nitrogens with one attached hydrogen (secondary N) is 1. The van der Waals surface area contributed by atoms with Crippen molar-refractivity contribution in [3.63, 3.8) is 0 Å². The van der Waals surface area contributed by atoms with Crippen molar-refractivity contribution >= 4 is 21.7 Å². The molecule has 0 aliphatic rings. The average molecular weight is 360 g/mol. The molecule has 0 saturated heterocycles. The van der Waals surface area contributed by atoms with E-state index in [1.807, 2.05) is 6.07 Å². The third-order valence-electron chi connectivity index (χ3n) is 2.82. The fourth-order valence-corrected chi connectivity index (χ4v) is 2.02. The molecule has 0 atom stereocenters. The molecule has 0 bridgehead atoms. The van der Waals surface area contributed by atoms with Crippen molar-refractivity contribution in [1.82, 2.24) is 9.97 Å². The number of aromatic nitrogens is 2. The lowest BCUT2D eigenvalue weighted by Gasteiger charge is -2.18. The summed E-state index contributed by atoms with van der Waals surface area (Å²) in [5.74, 6) is 1.70. The molecule has 1 aromatic rings. The lowest BCUT2D eigenvalue weighted by atomic mass is 9.96. The quantitative estimate of drug-likeness (QED) is 0.540. The highest BCUT2D eigenvalue weighted by molar-refractivity contribution is 9.10. The molecule has 0 spiro atoms. The molecule has 120 valence electrons. The molecular formula is C15H26BrN3O2. The second-order valence-corrected chi connectivity index (χ2v) is 6.70. The summed E-state index contributed by atoms with van der Waals surface area (Å²) >= 11 is 3.44. The van der Waals surface area contributed by atoms with Crippen molar-refractivity contribution in [1.29, 1.82) is 0 Å². The first-order chi connectivity index (χ1) is 9.93. The Labute approximate surface area is 136 Å². The van der Waals surface area contributed by atoms with E-state index in [1.54, 1.807) is 7.11 Å². The highest BCUT2D eigenvalue weighted by Crippen LogP contribution is 2.22. The number of rotatable bonds is 9. The van der Waals surface area contributed by atoms with Crippen molar-refractivity contribution in [2.24, 2.45) is 0 Å². The van der Waals surface area contributed by atoms with Crippen LogP contribution in [0.3, 0.4) is 0 Å². The van der Waals surface area contributed by atoms with E-state index in [4.69, 9.17) is 9.47 Å². The fraction of sp³-hybridized carbons (Fsp3) is 0.733. The molecule has 0 amide bonds. The van der Waals surface area contributed by atoms with Gasteiger partial charge in [-0.25, -0.2) is 9.97 Å². The summed E-state index contributed by atoms with van der Waals surface area (Å²) in [7, 11) is 1.68. The number of ether oxygens (including phenoxy) is 2. The first-order valence-corrected chi connectivity index (χ1v) is 8.08. The van der Waals surface area contributed by atoms with Gasteiger partial charge in [0.2, 0.25) is 0 Å². The van der Waals surface area contributed by atoms with E-state index in [9.17, 15) is 0 Å². The number of unbranched alkanes of at least 4 members (excludes halogenated alkanes) is 1. The normalized spacial score (nSPS) is 11.7. The van der Waals surface area contributed by atoms with Gasteiger partial charge in [0.25, 0.3) is 0 Å². The first kappa shape index (κ1) is 18.3. The van der Waals surface area contributed by atoms with Gasteiger partial charge in [-0.15, -0.1) is 0 Å². The summed E-state index contributed by atoms with van der Waals surface area (Å²) in [6.07, 6.45) is 2.06. The Balaban J connectivity index is 2.31. The van der Waals surface area contributed by atoms with Crippen molar-refractivity contribution in [2.45, 2.75) is 39.0 Å². The molecular weight excluding hydrogens is 334 g/mol. The van der Waals surface area contributed by atoms with E-state index < -0.39 is 0 Å². The standard InChI is InChI=1S/C15H26BrN3O2/c1-15(2,3)14-18-12(16)11-13(19-14)17-7-5-6-8-21-10-9-20-4/h11H,5-10H2,1-4H3,(H,17,18,19). The number of nitrogens with zero attached hydrogens (tertiary/aromatic N) is 2. The molecule has 5 nitrogen and oxygen atoms in total. The van der Waals surface area contributed by atoms with E-state index in [-0.39, 0.29) is 5.41 Å². The SMILES string of the molecule is COCCOCCCCNc1cc(Br)nc(C(C)(C)C)n1. The van der Waals surface area contributed by atoms with Gasteiger partial charge in [-0.1, -0.05) is 20.8 Å². The summed E-state index contributed by atoms with van der Waals surface area (Å²) in [6.45, 7) is 9.29. The third-order valence-corrected chi connectivity index (χ3v) is 3.23. The zero-order chi connectivity index (χ0) is 15.7. The van der Waals surface area contributed by atoms with E-state index in [2.05, 4.69) is 52.0 Å². The summed E-state index contributed by atoms with van der Waals surface area (Å²) in [4.78, 5) is 8.99. The van der Waals surface area contributed by atoms with E-state index >= 15 is 0 Å². The van der Waals surface area contributed by atoms with Crippen molar-refractivity contribution < 1.29 is 9.47 Å². The molecule has 0 radical (unpaired) electrons. The van der Waals surface area contributed by atoms with Crippen LogP contribution in [-0.4, -0.2) is 43.4 Å². The monoisotopic (exact) mass is 359 g/mol. The zero-order valence-electron chi connectivity index (χ0n) is 13.4. The minimum Gasteiger partial charge on any atom is -0.382 e. The average Bonchev–Trinajstić information content (AvgIpc) is 2.40. The van der Waals surface area contributed by atoms with Crippen LogP contribution in [0.1, 0.15) is 39.4 Å². The molecule has 1 rings (SSSR count). The Kier molecular flexibility index (Phi) is 8.14. The fourth-order valence-electron chi connectivity index (χ4n) is 1.63. The van der Waals surface area contributed by atoms with Gasteiger partial charge in [0.15, 0.2) is 0 Å². The molecule has 0 unspecified atom stereocenters. The molecule has 0 saturated carbocycles. The van der Waals surface area contributed by atoms with Gasteiger partial charge >= 0.3 is 0 Å². The van der Waals surface area contributed by atoms with Gasteiger partial charge in [0.1, 0.15) is 16.2 Å². The first-order valence-electron chi connectivity index (χ1n) is 7.29. The Morgan fingerprint density at radius 2 is 1.90 bits per heavy atom. The van der Waals surface area contributed by atoms with Gasteiger partial charge in [-0.3, -0.25) is 0 Å². The van der Waals surface area contributed by atoms with E-state index in [0.29, 0.717) is 13.2 Å². The Hall–Kier alpha value is -0.720. The van der Waals surface area contributed by atoms with Gasteiger partial charge in [-0.2, -0.15) is 0 Å². The zero-order valence-corrected chi connectivity index (χ0v) is 15.0. The molecule has 0 aliphatic carbocycles. The van der Waals surface area contributed by atoms with Crippen LogP contribution in [0.4, 0.5) is 5.82 Å². The van der Waals surface area contributed by atoms with Crippen LogP contribution in [0, 0.1) is 0 Å². The van der Waals surface area contributed by atoms with E-state index in [0.717, 1.165) is 42.2 Å². The molecule has 1 heterocycles. The van der Waals surface area contributed by atoms with Gasteiger partial charge in [-0.05, 0) is 28.8 Å². The molecule has 0 aliphatic heterocycles. The second-order valence-electron chi connectivity index (χ2n) is 5.89. The largest absolute Gasteiger partial charge is 0.382 e. The maximum atomic E-state index is 5.42. The molecule has 0 aromatic carbocycles. The van der Waals surface area contributed by atoms with Crippen molar-refractivity contribution in [2.75, 3.05) is 38.8 Å². The highest BCUT2D eigenvalue weighted by atomic mass is 79.9. The molecule has 6 heteroatoms. The van der Waals surface area contributed by atoms with Crippen LogP contribution in [0.15, 0.2) is 10.7 Å². The Morgan fingerprint density at radius 1 is 1.14 bits per heavy atom. The number of hydrogen-bond acceptors (Lipinski definition) is 5. The minimum atomic E-state index is -0.0601. The van der Waals surface area contributed by atoms with Gasteiger partial charge in [0, 0.05) is 31.7 Å². The molecule has 21 heavy (non-hydrogen) atoms. The maximum Gasteiger partial charge on any atom is 0.137 e. The van der Waals surface area contributed by atoms with Crippen LogP contribution in [0.25, 0.3) is 0 Å². The third kappa shape index (κ3) is 7.74. The Morgan fingerprint density at radius 3 is 2.57 bits per heavy atom. The lowest BCUT2D eigenvalue weighted by Crippen LogP contribution is -2.17. The number of anilines is 1. The molecule has 1 N–H and O–H groups in total. The number of halogens is 1. The van der Waals surface area contributed by atoms with Crippen LogP contribution in [-0.2, 0) is 14.9 Å². The van der Waals surface area contributed by atoms with Crippen LogP contribution in [0.2, 0.25) is 0 Å². The summed E-state index contributed by atoms with van der Waals surface area (Å²) in [5, 5.41) is 3.34. The second kappa shape index (κ2) is 9.33. The molecule has 0 fully saturated rings. The predicted octanol–water partition coefficient (Wildman–Crippen LogP) is 3.39. The lowest BCUT2D eigenvalue weighted by molar-refractivity contribution is 0.0691. The van der Waals surface area contributed by atoms with Crippen LogP contribution in [0.5, 0.6) is 0 Å². The van der Waals surface area contributed by atoms with Gasteiger partial charge < -0.3 is 14.8 Å². The Bertz CT molecular complexity index is 422. The number of methoxy groups -OCH3 is 1. The molecule has 1 aromatic heterocycles. The maximum absolute atomic E-state index is 5.42. The minimum absolute atomic E-state index is 0.0601. The summed E-state index contributed by atoms with van der Waals surface area (Å²) in [6, 6.07) is 1.91. The van der Waals surface area contributed by atoms with Crippen LogP contribution < -0.4 is 5.32 Å². The van der Waals surface area contributed by atoms with Gasteiger partial charge in [0.05, 0.1) is 13.2 Å². The number of hydrogen-bond donors (Lipinski definition) is 1. The smallest absolute Gasteiger partial charge is 0.137 e. The summed E-state index contributed by atoms with van der Waals surface area (Å²) < 4.78 is 11.2. The van der Waals surface area contributed by atoms with Crippen LogP contribution >= 0.6 is 15.9 Å². The topological polar surface area (TPSA) is 56.3 Å². The summed E-state index contributed by atoms with van der Waals surface area (Å²) in [5.41, 5.74) is -0.0601. The van der Waals surface area contributed by atoms with Crippen molar-refractivity contribution in [3.8, 4) is 0 Å². The van der Waals surface area contributed by atoms with E-state index in [1.165, 1.54) is 0 Å². The predicted molar refractivity (Wildman–Crippen MR) is 88.9 cm³/mol. The van der Waals surface area contributed by atoms with Crippen molar-refractivity contribution in [3.05, 3.63) is 16.5 Å². The highest BCUT2D eigenvalue weighted by Gasteiger charge is 2.18.